The summed E-state index contributed by atoms with van der Waals surface area (Å²) in [5.41, 5.74) is 8.60. The van der Waals surface area contributed by atoms with E-state index in [1.807, 2.05) is 30.3 Å². The molecule has 2 aromatic rings. The molecule has 0 aromatic heterocycles. The van der Waals surface area contributed by atoms with Gasteiger partial charge in [0.15, 0.2) is 107 Å². The highest BCUT2D eigenvalue weighted by molar-refractivity contribution is 7.99. The van der Waals surface area contributed by atoms with Crippen molar-refractivity contribution in [2.45, 2.75) is 352 Å². The molecule has 6 aliphatic rings. The molecule has 8 rings (SSSR count). The van der Waals surface area contributed by atoms with E-state index in [0.717, 1.165) is 100 Å². The first-order valence-electron chi connectivity index (χ1n) is 43.6. The lowest BCUT2D eigenvalue weighted by Crippen LogP contribution is -2.71. The number of likely N-dealkylation sites (N-methyl/N-ethyl adjacent to an activating group) is 1. The quantitative estimate of drug-likeness (QED) is 0.0184. The monoisotopic (exact) mass is 1960 g/mol. The van der Waals surface area contributed by atoms with Gasteiger partial charge in [-0.3, -0.25) is 62.3 Å². The van der Waals surface area contributed by atoms with Gasteiger partial charge in [0.05, 0.1) is 43.2 Å². The van der Waals surface area contributed by atoms with Crippen LogP contribution in [-0.4, -0.2) is 331 Å². The van der Waals surface area contributed by atoms with E-state index in [4.69, 9.17) is 124 Å². The molecule has 0 radical (unpaired) electrons. The van der Waals surface area contributed by atoms with E-state index in [2.05, 4.69) is 54.5 Å². The zero-order valence-corrected chi connectivity index (χ0v) is 81.0. The first-order chi connectivity index (χ1) is 63.5. The maximum absolute atomic E-state index is 14.3. The van der Waals surface area contributed by atoms with Crippen LogP contribution in [-0.2, 0) is 187 Å². The Balaban J connectivity index is 0.000000592. The van der Waals surface area contributed by atoms with Gasteiger partial charge in [-0.05, 0) is 74.4 Å². The number of hydrogen-bond acceptors (Lipinski definition) is 44. The van der Waals surface area contributed by atoms with Crippen LogP contribution >= 0.6 is 11.8 Å². The van der Waals surface area contributed by atoms with Gasteiger partial charge in [0, 0.05) is 88.0 Å². The molecule has 0 bridgehead atoms. The largest absolute Gasteiger partial charge is 0.463 e. The molecule has 1 amide bonds. The van der Waals surface area contributed by atoms with Crippen molar-refractivity contribution in [1.29, 1.82) is 0 Å². The number of azide groups is 1. The summed E-state index contributed by atoms with van der Waals surface area (Å²) >= 11 is 1.10. The Labute approximate surface area is 784 Å². The molecule has 31 atom stereocenters. The van der Waals surface area contributed by atoms with Gasteiger partial charge in [-0.25, -0.2) is 4.79 Å². The number of hydrogen-bond donors (Lipinski definition) is 4. The third-order valence-electron chi connectivity index (χ3n) is 22.0. The summed E-state index contributed by atoms with van der Waals surface area (Å²) in [7, 11) is -0.573. The van der Waals surface area contributed by atoms with Crippen molar-refractivity contribution in [3.05, 3.63) is 82.2 Å². The van der Waals surface area contributed by atoms with Gasteiger partial charge in [-0.1, -0.05) is 88.3 Å². The third kappa shape index (κ3) is 32.5. The summed E-state index contributed by atoms with van der Waals surface area (Å²) < 4.78 is 153. The second-order valence-electron chi connectivity index (χ2n) is 33.6. The van der Waals surface area contributed by atoms with E-state index < -0.39 is 294 Å². The van der Waals surface area contributed by atoms with Gasteiger partial charge in [-0.15, -0.1) is 11.8 Å². The fourth-order valence-corrected chi connectivity index (χ4v) is 17.0. The van der Waals surface area contributed by atoms with Gasteiger partial charge in [0.25, 0.3) is 0 Å². The summed E-state index contributed by atoms with van der Waals surface area (Å²) in [4.78, 5) is 187. The molecule has 6 fully saturated rings. The Morgan fingerprint density at radius 2 is 0.874 bits per heavy atom. The number of aliphatic hydroxyl groups excluding tert-OH is 2. The molecular formula is C87H125N5O41SSi. The van der Waals surface area contributed by atoms with Gasteiger partial charge < -0.3 is 139 Å². The molecule has 6 heterocycles. The highest BCUT2D eigenvalue weighted by Gasteiger charge is 2.63. The van der Waals surface area contributed by atoms with Crippen LogP contribution in [0.3, 0.4) is 0 Å². The predicted octanol–water partition coefficient (Wildman–Crippen LogP) is 4.08. The van der Waals surface area contributed by atoms with E-state index in [0.29, 0.717) is 0 Å². The van der Waals surface area contributed by atoms with E-state index in [1.54, 1.807) is 39.1 Å². The normalized spacial score (nSPS) is 31.9. The Morgan fingerprint density at radius 1 is 0.459 bits per heavy atom. The van der Waals surface area contributed by atoms with Crippen LogP contribution in [0.4, 0.5) is 0 Å². The molecule has 6 saturated heterocycles. The van der Waals surface area contributed by atoms with Crippen molar-refractivity contribution in [3.8, 4) is 0 Å². The Morgan fingerprint density at radius 3 is 1.33 bits per heavy atom. The van der Waals surface area contributed by atoms with Crippen LogP contribution in [0.25, 0.3) is 10.4 Å². The average Bonchev–Trinajstić information content (AvgIpc) is 0.749. The van der Waals surface area contributed by atoms with Crippen molar-refractivity contribution in [1.82, 2.24) is 10.6 Å². The number of carbonyl (C=O) groups is 14. The maximum Gasteiger partial charge on any atom is 0.338 e. The third-order valence-corrected chi connectivity index (χ3v) is 27.5. The predicted molar refractivity (Wildman–Crippen MR) is 461 cm³/mol. The lowest BCUT2D eigenvalue weighted by atomic mass is 9.92. The van der Waals surface area contributed by atoms with Gasteiger partial charge in [-0.2, -0.15) is 0 Å². The number of benzene rings is 2. The maximum atomic E-state index is 14.3. The van der Waals surface area contributed by atoms with E-state index in [-0.39, 0.29) is 42.6 Å². The molecule has 0 spiro atoms. The minimum atomic E-state index is -2.19. The summed E-state index contributed by atoms with van der Waals surface area (Å²) in [6.45, 7) is 27.3. The molecule has 46 nitrogen and oxygen atoms in total. The van der Waals surface area contributed by atoms with Crippen molar-refractivity contribution in [2.24, 2.45) is 5.11 Å². The molecule has 2 aromatic carbocycles. The van der Waals surface area contributed by atoms with E-state index in [9.17, 15) is 77.3 Å². The number of esters is 13. The van der Waals surface area contributed by atoms with E-state index >= 15 is 0 Å². The van der Waals surface area contributed by atoms with Crippen molar-refractivity contribution in [3.63, 3.8) is 0 Å². The Hall–Kier alpha value is -9.70. The summed E-state index contributed by atoms with van der Waals surface area (Å²) in [6.07, 6.45) is -45.8. The number of thioether (sulfide) groups is 1. The number of ether oxygens (including phenoxy) is 24. The van der Waals surface area contributed by atoms with Gasteiger partial charge in [0.2, 0.25) is 5.91 Å². The van der Waals surface area contributed by atoms with Crippen LogP contribution < -0.4 is 10.6 Å². The smallest absolute Gasteiger partial charge is 0.338 e. The zero-order chi connectivity index (χ0) is 100. The summed E-state index contributed by atoms with van der Waals surface area (Å²) in [6, 6.07) is 13.0. The van der Waals surface area contributed by atoms with Crippen molar-refractivity contribution in [2.75, 3.05) is 39.2 Å². The summed E-state index contributed by atoms with van der Waals surface area (Å²) in [5, 5.41) is 30.3. The molecule has 6 aliphatic heterocycles. The number of rotatable bonds is 38. The van der Waals surface area contributed by atoms with Crippen LogP contribution in [0.1, 0.15) is 154 Å². The summed E-state index contributed by atoms with van der Waals surface area (Å²) in [5.74, 6) is -12.6. The number of amides is 1. The first-order valence-corrected chi connectivity index (χ1v) is 47.5. The Bertz CT molecular complexity index is 4380. The lowest BCUT2D eigenvalue weighted by molar-refractivity contribution is -0.395. The second kappa shape index (κ2) is 52.2. The number of nitrogens with one attached hydrogen (secondary N) is 2. The lowest BCUT2D eigenvalue weighted by Gasteiger charge is -2.53. The number of carbonyl (C=O) groups excluding carboxylic acids is 14. The molecule has 48 heteroatoms. The van der Waals surface area contributed by atoms with Crippen LogP contribution in [0.2, 0.25) is 18.1 Å². The fraction of sp³-hybridized carbons (Fsp3) is 0.701. The van der Waals surface area contributed by atoms with Gasteiger partial charge >= 0.3 is 77.6 Å². The molecule has 0 aliphatic carbocycles. The molecule has 18 unspecified atom stereocenters. The topological polar surface area (TPSA) is 583 Å². The van der Waals surface area contributed by atoms with Crippen molar-refractivity contribution < 1.29 is 195 Å². The van der Waals surface area contributed by atoms with E-state index in [1.165, 1.54) is 26.0 Å². The number of nitrogens with zero attached hydrogens (tertiary/aromatic N) is 3. The SMILES string of the molecule is CCS[C@@H]1OC(COC(C)=O)C(OC(C)=O)[C@H](O[C@@H]2OC(CC)C(O[C@@H]3OC(COC(C)=O)C(OC(C)=O)[C@H](OC(C)=O)C3OC3OC(C)[C@H](OC(C)=O)C(OC(C)=O)[C@H]3OC(C)=O)[C@H](O[C@@H]3OC(C)C(OC(C)=O)[C@H](OC(C)=O)C3OC(C)=O)C2NC(C)=O)C1OC(=O)c1ccccc1.CN[C@@H](CO[C@H]1OC(CO[Si](C)(C)C(C)(C)C)C(O)[C@H](O)C1N=[N+]=[N-])C(=O)OCc1ccccc1. The highest BCUT2D eigenvalue weighted by Crippen LogP contribution is 2.44. The standard InChI is InChI=1S/C64H87NO34S.C23H38N4O7Si/c1-17-41-47(96-63-57(53(89-37(14)75)48(85-33(10)71)42(93-63)24-79-29(6)67)99-62-56(91-39(16)77)52(88-36(13)74)46(27(4)82-62)84-32(9)70)50(97-61-55(90-38(15)76)51(87-35(12)73)45(26(3)81-61)83-31(8)69)44(65-28(5)66)60(92-41)98-54-49(86-34(11)72)43(25-80-30(7)68)94-64(100-18-2)58(54)95-59(78)40-22-20-19-21-23-40;1-23(2,3)35(5,6)33-14-17-19(28)20(29)18(26-27-24)22(34-17)32-13-16(25-4)21(30)31-12-15-10-8-7-9-11-15/h19-23,26-27,41-58,60-64H,17-18,24-25H2,1-16H3,(H,65,66);7-11,16-20,22,25,28-29H,12-14H2,1-6H3/t26?,27?,41?,42?,43?,44?,45?,46-,47?,48?,49?,50+,51-,52?,53-,54-,55?,56+,57?,58?,60-,61-,62?,63-,64-;16-,17?,18?,19?,20+,22-/m00/s1. The minimum Gasteiger partial charge on any atom is -0.463 e. The van der Waals surface area contributed by atoms with Crippen LogP contribution in [0.15, 0.2) is 65.8 Å². The second-order valence-corrected chi connectivity index (χ2v) is 39.8. The fourth-order valence-electron chi connectivity index (χ4n) is 15.0. The highest BCUT2D eigenvalue weighted by atomic mass is 32.2. The molecule has 0 saturated carbocycles. The van der Waals surface area contributed by atoms with Crippen LogP contribution in [0.5, 0.6) is 0 Å². The Kier molecular flexibility index (Phi) is 43.4. The van der Waals surface area contributed by atoms with Crippen molar-refractivity contribution >= 4 is 104 Å². The molecular weight excluding hydrogens is 1830 g/mol. The number of aliphatic hydroxyl groups is 2. The van der Waals surface area contributed by atoms with Gasteiger partial charge in [0.1, 0.15) is 86.1 Å². The zero-order valence-electron chi connectivity index (χ0n) is 79.2. The van der Waals surface area contributed by atoms with Crippen LogP contribution in [0, 0.1) is 0 Å². The minimum absolute atomic E-state index is 0.0339. The molecule has 4 N–H and O–H groups in total. The molecule has 754 valence electrons. The molecule has 135 heavy (non-hydrogen) atoms. The average molecular weight is 1960 g/mol. The first kappa shape index (κ1) is 112.